The van der Waals surface area contributed by atoms with Crippen molar-refractivity contribution < 1.29 is 23.8 Å². The molecule has 0 atom stereocenters. The van der Waals surface area contributed by atoms with Gasteiger partial charge < -0.3 is 14.2 Å². The largest absolute Gasteiger partial charge is 0.490 e. The summed E-state index contributed by atoms with van der Waals surface area (Å²) in [5, 5.41) is 1.39. The summed E-state index contributed by atoms with van der Waals surface area (Å²) in [4.78, 5) is 30.1. The highest BCUT2D eigenvalue weighted by molar-refractivity contribution is 7.21. The molecular weight excluding hydrogens is 498 g/mol. The van der Waals surface area contributed by atoms with Crippen LogP contribution in [-0.2, 0) is 9.53 Å². The van der Waals surface area contributed by atoms with Gasteiger partial charge in [-0.1, -0.05) is 48.0 Å². The number of benzene rings is 3. The number of ether oxygens (including phenoxy) is 3. The molecule has 0 aliphatic carbocycles. The van der Waals surface area contributed by atoms with Crippen LogP contribution in [0.15, 0.2) is 77.4 Å². The summed E-state index contributed by atoms with van der Waals surface area (Å²) in [6.07, 6.45) is 1.59. The van der Waals surface area contributed by atoms with Crippen molar-refractivity contribution in [3.63, 3.8) is 0 Å². The monoisotopic (exact) mass is 517 g/mol. The van der Waals surface area contributed by atoms with E-state index >= 15 is 0 Å². The molecule has 1 aromatic heterocycles. The molecule has 2 heterocycles. The molecule has 8 heteroatoms. The van der Waals surface area contributed by atoms with Crippen molar-refractivity contribution in [3.05, 3.63) is 99.0 Å². The van der Waals surface area contributed by atoms with E-state index < -0.39 is 11.9 Å². The second-order valence-electron chi connectivity index (χ2n) is 7.98. The summed E-state index contributed by atoms with van der Waals surface area (Å²) in [5.74, 6) is -0.250. The topological polar surface area (TPSA) is 74.2 Å². The third kappa shape index (κ3) is 4.76. The maximum absolute atomic E-state index is 12.6. The number of rotatable bonds is 6. The van der Waals surface area contributed by atoms with E-state index in [4.69, 9.17) is 25.8 Å². The smallest absolute Gasteiger partial charge is 0.363 e. The molecular formula is C28H20ClNO5S. The van der Waals surface area contributed by atoms with Crippen LogP contribution in [0.5, 0.6) is 11.5 Å². The molecule has 0 fully saturated rings. The fraction of sp³-hybridized carbons (Fsp3) is 0.107. The SMILES string of the molecule is CCOc1cc(/C=C2/N=C(c3sc4cc(C)ccc4c3Cl)OC2=O)ccc1OC(=O)c1ccccc1. The summed E-state index contributed by atoms with van der Waals surface area (Å²) in [7, 11) is 0. The Bertz CT molecular complexity index is 1560. The first-order valence-electron chi connectivity index (χ1n) is 11.2. The summed E-state index contributed by atoms with van der Waals surface area (Å²) >= 11 is 7.99. The summed E-state index contributed by atoms with van der Waals surface area (Å²) in [6, 6.07) is 19.7. The molecule has 180 valence electrons. The summed E-state index contributed by atoms with van der Waals surface area (Å²) in [6.45, 7) is 4.20. The third-order valence-electron chi connectivity index (χ3n) is 5.38. The minimum Gasteiger partial charge on any atom is -0.490 e. The Balaban J connectivity index is 1.44. The lowest BCUT2D eigenvalue weighted by Gasteiger charge is -2.11. The van der Waals surface area contributed by atoms with E-state index in [1.165, 1.54) is 11.3 Å². The van der Waals surface area contributed by atoms with E-state index in [-0.39, 0.29) is 17.3 Å². The maximum atomic E-state index is 12.6. The highest BCUT2D eigenvalue weighted by atomic mass is 35.5. The van der Waals surface area contributed by atoms with Crippen LogP contribution < -0.4 is 9.47 Å². The van der Waals surface area contributed by atoms with Crippen molar-refractivity contribution in [3.8, 4) is 11.5 Å². The molecule has 1 aliphatic rings. The number of nitrogens with zero attached hydrogens (tertiary/aromatic N) is 1. The molecule has 0 saturated carbocycles. The van der Waals surface area contributed by atoms with Crippen molar-refractivity contribution in [2.24, 2.45) is 4.99 Å². The predicted octanol–water partition coefficient (Wildman–Crippen LogP) is 6.83. The quantitative estimate of drug-likeness (QED) is 0.159. The zero-order valence-corrected chi connectivity index (χ0v) is 21.0. The molecule has 0 radical (unpaired) electrons. The minimum absolute atomic E-state index is 0.131. The van der Waals surface area contributed by atoms with E-state index in [9.17, 15) is 9.59 Å². The number of aliphatic imine (C=N–C) groups is 1. The van der Waals surface area contributed by atoms with Crippen LogP contribution in [0.1, 0.15) is 33.3 Å². The minimum atomic E-state index is -0.577. The van der Waals surface area contributed by atoms with Crippen LogP contribution in [0.3, 0.4) is 0 Å². The highest BCUT2D eigenvalue weighted by Gasteiger charge is 2.28. The fourth-order valence-electron chi connectivity index (χ4n) is 3.67. The number of esters is 2. The van der Waals surface area contributed by atoms with Crippen molar-refractivity contribution in [1.29, 1.82) is 0 Å². The van der Waals surface area contributed by atoms with Gasteiger partial charge in [0.1, 0.15) is 4.88 Å². The molecule has 4 aromatic rings. The number of carbonyl (C=O) groups is 2. The number of carbonyl (C=O) groups excluding carboxylic acids is 2. The Morgan fingerprint density at radius 2 is 1.89 bits per heavy atom. The van der Waals surface area contributed by atoms with E-state index in [1.807, 2.05) is 38.1 Å². The van der Waals surface area contributed by atoms with Gasteiger partial charge in [0, 0.05) is 10.1 Å². The average molecular weight is 518 g/mol. The summed E-state index contributed by atoms with van der Waals surface area (Å²) < 4.78 is 17.7. The Morgan fingerprint density at radius 3 is 2.67 bits per heavy atom. The van der Waals surface area contributed by atoms with Crippen LogP contribution >= 0.6 is 22.9 Å². The van der Waals surface area contributed by atoms with Gasteiger partial charge in [0.05, 0.1) is 17.2 Å². The Kier molecular flexibility index (Phi) is 6.59. The second-order valence-corrected chi connectivity index (χ2v) is 9.41. The summed E-state index contributed by atoms with van der Waals surface area (Å²) in [5.41, 5.74) is 2.30. The lowest BCUT2D eigenvalue weighted by Crippen LogP contribution is -2.09. The number of fused-ring (bicyclic) bond motifs is 1. The van der Waals surface area contributed by atoms with Gasteiger partial charge in [-0.2, -0.15) is 0 Å². The van der Waals surface area contributed by atoms with Crippen LogP contribution in [0.4, 0.5) is 0 Å². The number of halogens is 1. The molecule has 0 unspecified atom stereocenters. The number of cyclic esters (lactones) is 1. The average Bonchev–Trinajstić information content (AvgIpc) is 3.40. The van der Waals surface area contributed by atoms with Gasteiger partial charge in [0.25, 0.3) is 0 Å². The van der Waals surface area contributed by atoms with E-state index in [0.29, 0.717) is 33.4 Å². The Labute approximate surface area is 216 Å². The molecule has 6 nitrogen and oxygen atoms in total. The van der Waals surface area contributed by atoms with Gasteiger partial charge in [0.2, 0.25) is 5.90 Å². The van der Waals surface area contributed by atoms with Crippen molar-refractivity contribution >= 4 is 56.9 Å². The molecule has 0 amide bonds. The second kappa shape index (κ2) is 9.97. The van der Waals surface area contributed by atoms with Crippen LogP contribution in [0.25, 0.3) is 16.2 Å². The Hall–Kier alpha value is -3.94. The molecule has 0 bridgehead atoms. The van der Waals surface area contributed by atoms with Crippen LogP contribution in [0, 0.1) is 6.92 Å². The van der Waals surface area contributed by atoms with E-state index in [0.717, 1.165) is 15.6 Å². The number of hydrogen-bond acceptors (Lipinski definition) is 7. The van der Waals surface area contributed by atoms with Crippen LogP contribution in [0.2, 0.25) is 5.02 Å². The van der Waals surface area contributed by atoms with Crippen LogP contribution in [-0.4, -0.2) is 24.4 Å². The van der Waals surface area contributed by atoms with Gasteiger partial charge in [-0.3, -0.25) is 0 Å². The van der Waals surface area contributed by atoms with E-state index in [1.54, 1.807) is 48.5 Å². The lowest BCUT2D eigenvalue weighted by molar-refractivity contribution is -0.129. The number of aryl methyl sites for hydroxylation is 1. The number of thiophene rings is 1. The molecule has 0 N–H and O–H groups in total. The zero-order chi connectivity index (χ0) is 25.2. The van der Waals surface area contributed by atoms with Gasteiger partial charge in [-0.05, 0) is 61.4 Å². The molecule has 5 rings (SSSR count). The first-order valence-corrected chi connectivity index (χ1v) is 12.4. The van der Waals surface area contributed by atoms with Gasteiger partial charge >= 0.3 is 11.9 Å². The molecule has 3 aromatic carbocycles. The molecule has 36 heavy (non-hydrogen) atoms. The third-order valence-corrected chi connectivity index (χ3v) is 7.03. The van der Waals surface area contributed by atoms with E-state index in [2.05, 4.69) is 4.99 Å². The highest BCUT2D eigenvalue weighted by Crippen LogP contribution is 2.38. The fourth-order valence-corrected chi connectivity index (χ4v) is 5.21. The van der Waals surface area contributed by atoms with Gasteiger partial charge in [-0.25, -0.2) is 14.6 Å². The maximum Gasteiger partial charge on any atom is 0.363 e. The molecule has 0 spiro atoms. The lowest BCUT2D eigenvalue weighted by atomic mass is 10.1. The van der Waals surface area contributed by atoms with Crippen molar-refractivity contribution in [2.75, 3.05) is 6.61 Å². The van der Waals surface area contributed by atoms with Crippen molar-refractivity contribution in [2.45, 2.75) is 13.8 Å². The Morgan fingerprint density at radius 1 is 1.08 bits per heavy atom. The first-order chi connectivity index (χ1) is 17.4. The standard InChI is InChI=1S/C28H20ClNO5S/c1-3-33-22-15-17(10-12-21(22)34-27(31)18-7-5-4-6-8-18)14-20-28(32)35-26(30-20)25-24(29)19-11-9-16(2)13-23(19)36-25/h4-15H,3H2,1-2H3/b20-14+. The number of hydrogen-bond donors (Lipinski definition) is 0. The molecule has 0 saturated heterocycles. The van der Waals surface area contributed by atoms with Gasteiger partial charge in [0.15, 0.2) is 17.2 Å². The zero-order valence-electron chi connectivity index (χ0n) is 19.4. The van der Waals surface area contributed by atoms with Crippen molar-refractivity contribution in [1.82, 2.24) is 0 Å². The first kappa shape index (κ1) is 23.8. The van der Waals surface area contributed by atoms with Gasteiger partial charge in [-0.15, -0.1) is 11.3 Å². The molecule has 1 aliphatic heterocycles. The predicted molar refractivity (Wildman–Crippen MR) is 141 cm³/mol. The normalized spacial score (nSPS) is 14.1.